The molecule has 0 bridgehead atoms. The van der Waals surface area contributed by atoms with Crippen LogP contribution < -0.4 is 15.0 Å². The molecule has 0 saturated heterocycles. The predicted molar refractivity (Wildman–Crippen MR) is 166 cm³/mol. The molecule has 0 aromatic heterocycles. The van der Waals surface area contributed by atoms with Gasteiger partial charge < -0.3 is 19.9 Å². The number of benzene rings is 4. The van der Waals surface area contributed by atoms with Crippen molar-refractivity contribution >= 4 is 34.2 Å². The number of nitrogens with zero attached hydrogens (tertiary/aromatic N) is 2. The Balaban J connectivity index is 1.37. The van der Waals surface area contributed by atoms with E-state index in [4.69, 9.17) is 4.74 Å². The molecule has 1 atom stereocenters. The summed E-state index contributed by atoms with van der Waals surface area (Å²) in [6.45, 7) is 3.22. The van der Waals surface area contributed by atoms with E-state index in [2.05, 4.69) is 5.32 Å². The summed E-state index contributed by atoms with van der Waals surface area (Å²) in [4.78, 5) is 44.2. The Morgan fingerprint density at radius 2 is 1.67 bits per heavy atom. The maximum absolute atomic E-state index is 14.0. The maximum Gasteiger partial charge on any atom is 0.258 e. The van der Waals surface area contributed by atoms with E-state index < -0.39 is 6.04 Å². The highest BCUT2D eigenvalue weighted by Crippen LogP contribution is 2.37. The normalized spacial score (nSPS) is 12.8. The Bertz CT molecular complexity index is 1560. The van der Waals surface area contributed by atoms with Crippen LogP contribution in [0.5, 0.6) is 5.75 Å². The fraction of sp³-hybridized carbons (Fsp3) is 0.286. The Morgan fingerprint density at radius 1 is 0.929 bits per heavy atom. The summed E-state index contributed by atoms with van der Waals surface area (Å²) in [7, 11) is 1.61. The van der Waals surface area contributed by atoms with Crippen LogP contribution in [0.15, 0.2) is 91.0 Å². The van der Waals surface area contributed by atoms with Gasteiger partial charge in [-0.1, -0.05) is 73.7 Å². The number of amides is 3. The molecule has 1 aliphatic heterocycles. The van der Waals surface area contributed by atoms with Gasteiger partial charge in [-0.3, -0.25) is 14.4 Å². The number of hydrogen-bond acceptors (Lipinski definition) is 4. The topological polar surface area (TPSA) is 79.0 Å². The second-order valence-electron chi connectivity index (χ2n) is 10.6. The monoisotopic (exact) mass is 563 g/mol. The van der Waals surface area contributed by atoms with Crippen LogP contribution in [-0.4, -0.2) is 48.9 Å². The van der Waals surface area contributed by atoms with Crippen molar-refractivity contribution in [1.82, 2.24) is 10.2 Å². The third-order valence-corrected chi connectivity index (χ3v) is 7.73. The van der Waals surface area contributed by atoms with Crippen molar-refractivity contribution in [1.29, 1.82) is 0 Å². The van der Waals surface area contributed by atoms with E-state index in [1.54, 1.807) is 16.9 Å². The van der Waals surface area contributed by atoms with E-state index in [0.717, 1.165) is 34.0 Å². The molecule has 3 amide bonds. The summed E-state index contributed by atoms with van der Waals surface area (Å²) in [6.07, 6.45) is 1.87. The summed E-state index contributed by atoms with van der Waals surface area (Å²) >= 11 is 0. The van der Waals surface area contributed by atoms with Crippen LogP contribution in [0.4, 0.5) is 5.69 Å². The second-order valence-corrected chi connectivity index (χ2v) is 10.6. The highest BCUT2D eigenvalue weighted by atomic mass is 16.5. The van der Waals surface area contributed by atoms with Crippen LogP contribution >= 0.6 is 0 Å². The van der Waals surface area contributed by atoms with Gasteiger partial charge in [0.25, 0.3) is 5.91 Å². The van der Waals surface area contributed by atoms with Crippen LogP contribution in [0.25, 0.3) is 10.8 Å². The Hall–Kier alpha value is -4.65. The van der Waals surface area contributed by atoms with Crippen LogP contribution in [0.3, 0.4) is 0 Å². The van der Waals surface area contributed by atoms with Crippen molar-refractivity contribution in [2.24, 2.45) is 0 Å². The molecule has 216 valence electrons. The predicted octanol–water partition coefficient (Wildman–Crippen LogP) is 5.76. The van der Waals surface area contributed by atoms with E-state index in [1.165, 1.54) is 0 Å². The van der Waals surface area contributed by atoms with E-state index in [-0.39, 0.29) is 30.7 Å². The van der Waals surface area contributed by atoms with Gasteiger partial charge in [0.1, 0.15) is 11.8 Å². The van der Waals surface area contributed by atoms with E-state index in [9.17, 15) is 14.4 Å². The summed E-state index contributed by atoms with van der Waals surface area (Å²) in [5.41, 5.74) is 3.44. The minimum Gasteiger partial charge on any atom is -0.497 e. The van der Waals surface area contributed by atoms with Crippen molar-refractivity contribution < 1.29 is 19.1 Å². The third-order valence-electron chi connectivity index (χ3n) is 7.73. The van der Waals surface area contributed by atoms with Crippen LogP contribution in [-0.2, 0) is 22.6 Å². The molecule has 0 spiro atoms. The molecule has 4 aromatic rings. The Labute approximate surface area is 247 Å². The molecule has 7 nitrogen and oxygen atoms in total. The fourth-order valence-corrected chi connectivity index (χ4v) is 5.62. The molecule has 0 radical (unpaired) electrons. The molecular weight excluding hydrogens is 526 g/mol. The summed E-state index contributed by atoms with van der Waals surface area (Å²) in [6, 6.07) is 28.4. The summed E-state index contributed by atoms with van der Waals surface area (Å²) in [5, 5.41) is 5.01. The summed E-state index contributed by atoms with van der Waals surface area (Å²) < 4.78 is 5.42. The van der Waals surface area contributed by atoms with Crippen LogP contribution in [0, 0.1) is 0 Å². The minimum atomic E-state index is -0.691. The number of methoxy groups -OCH3 is 1. The lowest BCUT2D eigenvalue weighted by molar-refractivity contribution is -0.141. The molecule has 42 heavy (non-hydrogen) atoms. The second kappa shape index (κ2) is 13.3. The van der Waals surface area contributed by atoms with Gasteiger partial charge in [-0.15, -0.1) is 0 Å². The molecule has 7 heteroatoms. The lowest BCUT2D eigenvalue weighted by Crippen LogP contribution is -2.50. The van der Waals surface area contributed by atoms with Gasteiger partial charge in [0.05, 0.1) is 12.8 Å². The largest absolute Gasteiger partial charge is 0.497 e. The highest BCUT2D eigenvalue weighted by Gasteiger charge is 2.32. The molecular formula is C35H37N3O4. The number of ether oxygens (including phenoxy) is 1. The molecule has 0 unspecified atom stereocenters. The molecule has 1 aliphatic rings. The van der Waals surface area contributed by atoms with Gasteiger partial charge in [-0.25, -0.2) is 0 Å². The first-order valence-corrected chi connectivity index (χ1v) is 14.6. The highest BCUT2D eigenvalue weighted by molar-refractivity contribution is 6.25. The molecule has 1 heterocycles. The first kappa shape index (κ1) is 28.9. The maximum atomic E-state index is 14.0. The van der Waals surface area contributed by atoms with E-state index in [0.29, 0.717) is 37.2 Å². The minimum absolute atomic E-state index is 0.0385. The van der Waals surface area contributed by atoms with Gasteiger partial charge in [0, 0.05) is 43.4 Å². The average Bonchev–Trinajstić information content (AvgIpc) is 3.30. The van der Waals surface area contributed by atoms with Crippen molar-refractivity contribution in [3.05, 3.63) is 108 Å². The Morgan fingerprint density at radius 3 is 2.43 bits per heavy atom. The SMILES string of the molecule is CCCNC(=O)[C@H](Cc1ccccc1)N(Cc1cccc(OC)c1)C(=O)CCCN1C(=O)c2cccc3cccc1c23. The number of carbonyl (C=O) groups excluding carboxylic acids is 3. The zero-order valence-electron chi connectivity index (χ0n) is 24.2. The zero-order chi connectivity index (χ0) is 29.5. The van der Waals surface area contributed by atoms with Crippen LogP contribution in [0.1, 0.15) is 47.7 Å². The van der Waals surface area contributed by atoms with Crippen LogP contribution in [0.2, 0.25) is 0 Å². The van der Waals surface area contributed by atoms with E-state index in [1.807, 2.05) is 97.9 Å². The molecule has 0 saturated carbocycles. The fourth-order valence-electron chi connectivity index (χ4n) is 5.62. The standard InChI is InChI=1S/C35H37N3O4/c1-3-20-36-34(40)31(23-25-11-5-4-6-12-25)38(24-26-13-7-16-28(22-26)42-2)32(39)19-10-21-37-30-18-9-15-27-14-8-17-29(33(27)30)35(37)41/h4-9,11-18,22,31H,3,10,19-21,23-24H2,1-2H3,(H,36,40)/t31-/m0/s1. The first-order valence-electron chi connectivity index (χ1n) is 14.6. The Kier molecular flexibility index (Phi) is 9.17. The van der Waals surface area contributed by atoms with Gasteiger partial charge in [-0.05, 0) is 53.6 Å². The quantitative estimate of drug-likeness (QED) is 0.225. The number of carbonyl (C=O) groups is 3. The van der Waals surface area contributed by atoms with Crippen molar-refractivity contribution in [3.63, 3.8) is 0 Å². The molecule has 0 aliphatic carbocycles. The first-order chi connectivity index (χ1) is 20.5. The van der Waals surface area contributed by atoms with Crippen molar-refractivity contribution in [2.75, 3.05) is 25.1 Å². The number of rotatable bonds is 13. The lowest BCUT2D eigenvalue weighted by Gasteiger charge is -2.32. The zero-order valence-corrected chi connectivity index (χ0v) is 24.2. The van der Waals surface area contributed by atoms with Gasteiger partial charge in [0.15, 0.2) is 0 Å². The van der Waals surface area contributed by atoms with Gasteiger partial charge >= 0.3 is 0 Å². The lowest BCUT2D eigenvalue weighted by atomic mass is 10.0. The molecule has 1 N–H and O–H groups in total. The summed E-state index contributed by atoms with van der Waals surface area (Å²) in [5.74, 6) is 0.348. The molecule has 0 fully saturated rings. The number of nitrogens with one attached hydrogen (secondary N) is 1. The van der Waals surface area contributed by atoms with E-state index >= 15 is 0 Å². The van der Waals surface area contributed by atoms with Gasteiger partial charge in [-0.2, -0.15) is 0 Å². The van der Waals surface area contributed by atoms with Crippen molar-refractivity contribution in [3.8, 4) is 5.75 Å². The molecule has 4 aromatic carbocycles. The average molecular weight is 564 g/mol. The smallest absolute Gasteiger partial charge is 0.258 e. The van der Waals surface area contributed by atoms with Gasteiger partial charge in [0.2, 0.25) is 11.8 Å². The third kappa shape index (κ3) is 6.30. The number of anilines is 1. The van der Waals surface area contributed by atoms with Crippen molar-refractivity contribution in [2.45, 2.75) is 45.2 Å². The number of hydrogen-bond donors (Lipinski definition) is 1. The molecule has 5 rings (SSSR count).